The van der Waals surface area contributed by atoms with Crippen molar-refractivity contribution in [2.45, 2.75) is 6.92 Å². The van der Waals surface area contributed by atoms with Crippen LogP contribution < -0.4 is 10.1 Å². The molecule has 2 rings (SSSR count). The zero-order valence-electron chi connectivity index (χ0n) is 9.90. The SMILES string of the molecule is CCNc1nc(OCCOC)c2sccc2n1. The lowest BCUT2D eigenvalue weighted by atomic mass is 10.4. The second-order valence-corrected chi connectivity index (χ2v) is 4.28. The summed E-state index contributed by atoms with van der Waals surface area (Å²) in [5, 5.41) is 5.08. The monoisotopic (exact) mass is 253 g/mol. The molecule has 0 aromatic carbocycles. The van der Waals surface area contributed by atoms with Crippen molar-refractivity contribution in [2.75, 3.05) is 32.2 Å². The fourth-order valence-corrected chi connectivity index (χ4v) is 2.17. The van der Waals surface area contributed by atoms with Gasteiger partial charge in [-0.1, -0.05) is 0 Å². The molecule has 5 nitrogen and oxygen atoms in total. The van der Waals surface area contributed by atoms with E-state index in [1.807, 2.05) is 18.4 Å². The summed E-state index contributed by atoms with van der Waals surface area (Å²) in [5.41, 5.74) is 0.911. The molecule has 0 bridgehead atoms. The van der Waals surface area contributed by atoms with E-state index in [0.717, 1.165) is 16.8 Å². The molecule has 0 spiro atoms. The van der Waals surface area contributed by atoms with Crippen molar-refractivity contribution in [1.29, 1.82) is 0 Å². The minimum absolute atomic E-state index is 0.492. The van der Waals surface area contributed by atoms with Crippen LogP contribution in [0.2, 0.25) is 0 Å². The van der Waals surface area contributed by atoms with Crippen LogP contribution in [0.15, 0.2) is 11.4 Å². The van der Waals surface area contributed by atoms with Crippen molar-refractivity contribution < 1.29 is 9.47 Å². The molecule has 0 aliphatic heterocycles. The second kappa shape index (κ2) is 5.79. The molecule has 2 heterocycles. The third-order valence-electron chi connectivity index (χ3n) is 2.13. The molecule has 6 heteroatoms. The highest BCUT2D eigenvalue weighted by atomic mass is 32.1. The standard InChI is InChI=1S/C11H15N3O2S/c1-3-12-11-13-8-4-7-17-9(8)10(14-11)16-6-5-15-2/h4,7H,3,5-6H2,1-2H3,(H,12,13,14). The number of anilines is 1. The van der Waals surface area contributed by atoms with Gasteiger partial charge in [-0.05, 0) is 18.4 Å². The van der Waals surface area contributed by atoms with E-state index in [0.29, 0.717) is 25.0 Å². The van der Waals surface area contributed by atoms with Crippen molar-refractivity contribution in [3.63, 3.8) is 0 Å². The molecule has 0 unspecified atom stereocenters. The van der Waals surface area contributed by atoms with Crippen LogP contribution in [-0.4, -0.2) is 36.8 Å². The van der Waals surface area contributed by atoms with E-state index in [1.165, 1.54) is 0 Å². The number of nitrogens with zero attached hydrogens (tertiary/aromatic N) is 2. The maximum atomic E-state index is 5.60. The summed E-state index contributed by atoms with van der Waals surface area (Å²) in [6.07, 6.45) is 0. The maximum absolute atomic E-state index is 5.60. The average molecular weight is 253 g/mol. The number of thiophene rings is 1. The van der Waals surface area contributed by atoms with Crippen LogP contribution in [0.3, 0.4) is 0 Å². The Balaban J connectivity index is 2.26. The summed E-state index contributed by atoms with van der Waals surface area (Å²) in [5.74, 6) is 1.23. The molecular weight excluding hydrogens is 238 g/mol. The van der Waals surface area contributed by atoms with Crippen LogP contribution >= 0.6 is 11.3 Å². The molecule has 0 aliphatic carbocycles. The first kappa shape index (κ1) is 12.1. The molecule has 2 aromatic heterocycles. The third-order valence-corrected chi connectivity index (χ3v) is 3.03. The molecule has 0 saturated heterocycles. The van der Waals surface area contributed by atoms with Gasteiger partial charge >= 0.3 is 0 Å². The van der Waals surface area contributed by atoms with Crippen molar-refractivity contribution >= 4 is 27.5 Å². The number of methoxy groups -OCH3 is 1. The molecular formula is C11H15N3O2S. The number of nitrogens with one attached hydrogen (secondary N) is 1. The molecule has 0 fully saturated rings. The molecule has 0 saturated carbocycles. The van der Waals surface area contributed by atoms with Crippen LogP contribution in [0.1, 0.15) is 6.92 Å². The molecule has 0 amide bonds. The first-order valence-corrected chi connectivity index (χ1v) is 6.34. The summed E-state index contributed by atoms with van der Waals surface area (Å²) < 4.78 is 11.5. The second-order valence-electron chi connectivity index (χ2n) is 3.36. The first-order chi connectivity index (χ1) is 8.35. The highest BCUT2D eigenvalue weighted by Gasteiger charge is 2.09. The predicted molar refractivity (Wildman–Crippen MR) is 68.9 cm³/mol. The highest BCUT2D eigenvalue weighted by molar-refractivity contribution is 7.17. The summed E-state index contributed by atoms with van der Waals surface area (Å²) >= 11 is 1.58. The number of fused-ring (bicyclic) bond motifs is 1. The smallest absolute Gasteiger partial charge is 0.236 e. The van der Waals surface area contributed by atoms with E-state index in [1.54, 1.807) is 18.4 Å². The lowest BCUT2D eigenvalue weighted by Gasteiger charge is -2.07. The van der Waals surface area contributed by atoms with E-state index >= 15 is 0 Å². The largest absolute Gasteiger partial charge is 0.474 e. The fraction of sp³-hybridized carbons (Fsp3) is 0.455. The summed E-state index contributed by atoms with van der Waals surface area (Å²) in [7, 11) is 1.65. The fourth-order valence-electron chi connectivity index (χ4n) is 1.39. The summed E-state index contributed by atoms with van der Waals surface area (Å²) in [4.78, 5) is 8.74. The Morgan fingerprint density at radius 1 is 1.35 bits per heavy atom. The number of hydrogen-bond donors (Lipinski definition) is 1. The topological polar surface area (TPSA) is 56.3 Å². The molecule has 1 N–H and O–H groups in total. The van der Waals surface area contributed by atoms with Gasteiger partial charge in [0.15, 0.2) is 0 Å². The van der Waals surface area contributed by atoms with Gasteiger partial charge in [-0.2, -0.15) is 4.98 Å². The van der Waals surface area contributed by atoms with Gasteiger partial charge in [0, 0.05) is 13.7 Å². The lowest BCUT2D eigenvalue weighted by molar-refractivity contribution is 0.145. The van der Waals surface area contributed by atoms with Gasteiger partial charge in [0.05, 0.1) is 12.1 Å². The summed E-state index contributed by atoms with van der Waals surface area (Å²) in [6, 6.07) is 1.96. The molecule has 0 radical (unpaired) electrons. The third kappa shape index (κ3) is 2.83. The van der Waals surface area contributed by atoms with Gasteiger partial charge in [-0.3, -0.25) is 0 Å². The van der Waals surface area contributed by atoms with Crippen molar-refractivity contribution in [3.8, 4) is 5.88 Å². The van der Waals surface area contributed by atoms with E-state index in [9.17, 15) is 0 Å². The molecule has 0 aliphatic rings. The van der Waals surface area contributed by atoms with Gasteiger partial charge in [-0.15, -0.1) is 11.3 Å². The Hall–Kier alpha value is -1.40. The quantitative estimate of drug-likeness (QED) is 0.799. The molecule has 0 atom stereocenters. The summed E-state index contributed by atoms with van der Waals surface area (Å²) in [6.45, 7) is 3.83. The van der Waals surface area contributed by atoms with Gasteiger partial charge < -0.3 is 14.8 Å². The number of ether oxygens (including phenoxy) is 2. The Morgan fingerprint density at radius 3 is 3.00 bits per heavy atom. The van der Waals surface area contributed by atoms with Crippen LogP contribution in [0.5, 0.6) is 5.88 Å². The zero-order valence-corrected chi connectivity index (χ0v) is 10.7. The van der Waals surface area contributed by atoms with Gasteiger partial charge in [-0.25, -0.2) is 4.98 Å². The Morgan fingerprint density at radius 2 is 2.24 bits per heavy atom. The zero-order chi connectivity index (χ0) is 12.1. The average Bonchev–Trinajstić information content (AvgIpc) is 2.78. The van der Waals surface area contributed by atoms with E-state index < -0.39 is 0 Å². The lowest BCUT2D eigenvalue weighted by Crippen LogP contribution is -2.08. The van der Waals surface area contributed by atoms with Crippen molar-refractivity contribution in [3.05, 3.63) is 11.4 Å². The predicted octanol–water partition coefficient (Wildman–Crippen LogP) is 2.15. The number of aromatic nitrogens is 2. The van der Waals surface area contributed by atoms with Crippen LogP contribution in [0, 0.1) is 0 Å². The normalized spacial score (nSPS) is 10.7. The van der Waals surface area contributed by atoms with Crippen molar-refractivity contribution in [2.24, 2.45) is 0 Å². The maximum Gasteiger partial charge on any atom is 0.236 e. The van der Waals surface area contributed by atoms with Gasteiger partial charge in [0.1, 0.15) is 11.3 Å². The van der Waals surface area contributed by atoms with E-state index in [-0.39, 0.29) is 0 Å². The minimum Gasteiger partial charge on any atom is -0.474 e. The highest BCUT2D eigenvalue weighted by Crippen LogP contribution is 2.28. The van der Waals surface area contributed by atoms with Crippen LogP contribution in [-0.2, 0) is 4.74 Å². The molecule has 2 aromatic rings. The van der Waals surface area contributed by atoms with Gasteiger partial charge in [0.25, 0.3) is 0 Å². The van der Waals surface area contributed by atoms with E-state index in [2.05, 4.69) is 15.3 Å². The van der Waals surface area contributed by atoms with Crippen LogP contribution in [0.4, 0.5) is 5.95 Å². The van der Waals surface area contributed by atoms with E-state index in [4.69, 9.17) is 9.47 Å². The Kier molecular flexibility index (Phi) is 4.11. The first-order valence-electron chi connectivity index (χ1n) is 5.46. The Labute approximate surface area is 104 Å². The minimum atomic E-state index is 0.492. The van der Waals surface area contributed by atoms with Gasteiger partial charge in [0.2, 0.25) is 11.8 Å². The number of hydrogen-bond acceptors (Lipinski definition) is 6. The number of rotatable bonds is 6. The molecule has 92 valence electrons. The molecule has 17 heavy (non-hydrogen) atoms. The Bertz CT molecular complexity index is 487. The van der Waals surface area contributed by atoms with Crippen LogP contribution in [0.25, 0.3) is 10.2 Å². The van der Waals surface area contributed by atoms with Crippen molar-refractivity contribution in [1.82, 2.24) is 9.97 Å².